The van der Waals surface area contributed by atoms with Gasteiger partial charge < -0.3 is 4.98 Å². The molecule has 2 aromatic carbocycles. The number of fused-ring (bicyclic) bond motifs is 1. The van der Waals surface area contributed by atoms with Gasteiger partial charge in [-0.3, -0.25) is 4.98 Å². The van der Waals surface area contributed by atoms with Crippen LogP contribution in [0.25, 0.3) is 45.6 Å². The Labute approximate surface area is 250 Å². The van der Waals surface area contributed by atoms with Gasteiger partial charge in [0.25, 0.3) is 0 Å². The van der Waals surface area contributed by atoms with Crippen LogP contribution < -0.4 is 0 Å². The Bertz CT molecular complexity index is 1600. The van der Waals surface area contributed by atoms with Crippen molar-refractivity contribution >= 4 is 0 Å². The van der Waals surface area contributed by atoms with E-state index in [2.05, 4.69) is 64.7 Å². The molecule has 1 aliphatic rings. The maximum absolute atomic E-state index is 4.83. The number of hydrogen-bond donors (Lipinski definition) is 0. The van der Waals surface area contributed by atoms with Crippen molar-refractivity contribution in [2.24, 2.45) is 5.41 Å². The molecule has 6 rings (SSSR count). The SMILES string of the molecule is CC1(C)c2c[c-]c(-c3ccc(-c4nc(-c5ccccc5)nc(-c5ccccn5)n4)cn3)cc2C(C)(C)C1(C)C.[Ir]. The van der Waals surface area contributed by atoms with Crippen LogP contribution in [0.5, 0.6) is 0 Å². The van der Waals surface area contributed by atoms with Gasteiger partial charge >= 0.3 is 0 Å². The Morgan fingerprint density at radius 2 is 1.25 bits per heavy atom. The molecule has 6 heteroatoms. The fraction of sp³-hybridized carbons (Fsp3) is 0.265. The van der Waals surface area contributed by atoms with Gasteiger partial charge in [-0.25, -0.2) is 15.0 Å². The maximum Gasteiger partial charge on any atom is 0.182 e. The molecule has 203 valence electrons. The third kappa shape index (κ3) is 4.40. The molecule has 0 unspecified atom stereocenters. The molecule has 3 aromatic heterocycles. The van der Waals surface area contributed by atoms with E-state index in [1.165, 1.54) is 11.1 Å². The van der Waals surface area contributed by atoms with Crippen molar-refractivity contribution < 1.29 is 20.1 Å². The van der Waals surface area contributed by atoms with Crippen LogP contribution in [0.1, 0.15) is 52.7 Å². The summed E-state index contributed by atoms with van der Waals surface area (Å²) in [6.45, 7) is 14.1. The van der Waals surface area contributed by atoms with Crippen molar-refractivity contribution in [3.8, 4) is 45.6 Å². The molecule has 0 aliphatic heterocycles. The predicted molar refractivity (Wildman–Crippen MR) is 156 cm³/mol. The maximum atomic E-state index is 4.83. The van der Waals surface area contributed by atoms with Crippen LogP contribution in [-0.4, -0.2) is 24.9 Å². The molecule has 0 amide bonds. The monoisotopic (exact) mass is 703 g/mol. The number of pyridine rings is 2. The molecule has 0 N–H and O–H groups in total. The summed E-state index contributed by atoms with van der Waals surface area (Å²) in [5.74, 6) is 1.69. The molecule has 1 radical (unpaired) electrons. The van der Waals surface area contributed by atoms with Crippen molar-refractivity contribution in [2.45, 2.75) is 52.4 Å². The second-order valence-electron chi connectivity index (χ2n) is 11.9. The van der Waals surface area contributed by atoms with E-state index >= 15 is 0 Å². The summed E-state index contributed by atoms with van der Waals surface area (Å²) in [5.41, 5.74) is 7.24. The van der Waals surface area contributed by atoms with Crippen LogP contribution in [0.3, 0.4) is 0 Å². The summed E-state index contributed by atoms with van der Waals surface area (Å²) in [5, 5.41) is 0. The van der Waals surface area contributed by atoms with Crippen LogP contribution in [0.4, 0.5) is 0 Å². The van der Waals surface area contributed by atoms with Gasteiger partial charge in [0.15, 0.2) is 17.5 Å². The molecule has 3 heterocycles. The standard InChI is InChI=1S/C34H32N5.Ir/c1-32(2)25-17-15-23(20-26(25)33(3,4)34(32,5)6)27-18-16-24(21-36-27)30-37-29(22-12-8-7-9-13-22)38-31(39-30)28-14-10-11-19-35-28;/h7-14,16-21H,1-6H3;/q-1;. The fourth-order valence-electron chi connectivity index (χ4n) is 5.64. The van der Waals surface area contributed by atoms with Gasteiger partial charge in [0.05, 0.1) is 0 Å². The Kier molecular flexibility index (Phi) is 7.06. The average molecular weight is 703 g/mol. The van der Waals surface area contributed by atoms with Crippen molar-refractivity contribution in [2.75, 3.05) is 0 Å². The van der Waals surface area contributed by atoms with Crippen LogP contribution in [0, 0.1) is 11.5 Å². The first-order valence-electron chi connectivity index (χ1n) is 13.4. The summed E-state index contributed by atoms with van der Waals surface area (Å²) in [7, 11) is 0. The third-order valence-corrected chi connectivity index (χ3v) is 9.28. The second kappa shape index (κ2) is 10.1. The summed E-state index contributed by atoms with van der Waals surface area (Å²) in [6.07, 6.45) is 3.58. The van der Waals surface area contributed by atoms with E-state index in [0.717, 1.165) is 22.4 Å². The smallest absolute Gasteiger partial charge is 0.182 e. The summed E-state index contributed by atoms with van der Waals surface area (Å²) >= 11 is 0. The van der Waals surface area contributed by atoms with E-state index in [1.807, 2.05) is 66.9 Å². The molecular weight excluding hydrogens is 671 g/mol. The first-order chi connectivity index (χ1) is 18.6. The van der Waals surface area contributed by atoms with Crippen LogP contribution in [0.15, 0.2) is 85.2 Å². The Morgan fingerprint density at radius 1 is 0.600 bits per heavy atom. The minimum absolute atomic E-state index is 0. The molecule has 1 aliphatic carbocycles. The van der Waals surface area contributed by atoms with Crippen molar-refractivity contribution in [1.82, 2.24) is 24.9 Å². The van der Waals surface area contributed by atoms with E-state index in [9.17, 15) is 0 Å². The summed E-state index contributed by atoms with van der Waals surface area (Å²) in [6, 6.07) is 27.7. The zero-order chi connectivity index (χ0) is 27.4. The van der Waals surface area contributed by atoms with Gasteiger partial charge in [0, 0.05) is 43.6 Å². The normalized spacial score (nSPS) is 16.1. The average Bonchev–Trinajstić information content (AvgIpc) is 3.07. The predicted octanol–water partition coefficient (Wildman–Crippen LogP) is 7.72. The number of rotatable bonds is 4. The van der Waals surface area contributed by atoms with Gasteiger partial charge in [-0.05, 0) is 34.1 Å². The van der Waals surface area contributed by atoms with E-state index in [4.69, 9.17) is 19.9 Å². The molecule has 0 saturated carbocycles. The van der Waals surface area contributed by atoms with Crippen LogP contribution in [0.2, 0.25) is 0 Å². The minimum Gasteiger partial charge on any atom is -0.304 e. The zero-order valence-electron chi connectivity index (χ0n) is 23.7. The van der Waals surface area contributed by atoms with Gasteiger partial charge in [0.1, 0.15) is 5.69 Å². The molecule has 5 aromatic rings. The third-order valence-electron chi connectivity index (χ3n) is 9.28. The summed E-state index contributed by atoms with van der Waals surface area (Å²) in [4.78, 5) is 23.6. The van der Waals surface area contributed by atoms with Gasteiger partial charge in [-0.1, -0.05) is 90.1 Å². The van der Waals surface area contributed by atoms with Gasteiger partial charge in [-0.2, -0.15) is 0 Å². The Balaban J connectivity index is 0.00000323. The van der Waals surface area contributed by atoms with E-state index < -0.39 is 0 Å². The number of nitrogens with zero attached hydrogens (tertiary/aromatic N) is 5. The number of benzene rings is 2. The topological polar surface area (TPSA) is 64.5 Å². The van der Waals surface area contributed by atoms with Crippen LogP contribution >= 0.6 is 0 Å². The molecule has 40 heavy (non-hydrogen) atoms. The van der Waals surface area contributed by atoms with Gasteiger partial charge in [-0.15, -0.1) is 34.9 Å². The fourth-order valence-corrected chi connectivity index (χ4v) is 5.64. The largest absolute Gasteiger partial charge is 0.304 e. The molecule has 0 saturated heterocycles. The van der Waals surface area contributed by atoms with Crippen molar-refractivity contribution in [3.63, 3.8) is 0 Å². The van der Waals surface area contributed by atoms with E-state index in [-0.39, 0.29) is 36.4 Å². The molecule has 5 nitrogen and oxygen atoms in total. The van der Waals surface area contributed by atoms with E-state index in [1.54, 1.807) is 6.20 Å². The molecule has 0 fully saturated rings. The molecule has 0 atom stereocenters. The first kappa shape index (κ1) is 27.9. The minimum atomic E-state index is 0. The second-order valence-corrected chi connectivity index (χ2v) is 11.9. The molecule has 0 bridgehead atoms. The molecular formula is C34H32IrN5-. The van der Waals surface area contributed by atoms with Gasteiger partial charge in [0.2, 0.25) is 0 Å². The van der Waals surface area contributed by atoms with E-state index in [0.29, 0.717) is 23.2 Å². The Hall–Kier alpha value is -3.60. The van der Waals surface area contributed by atoms with Crippen LogP contribution in [-0.2, 0) is 30.9 Å². The van der Waals surface area contributed by atoms with Crippen molar-refractivity contribution in [3.05, 3.63) is 102 Å². The molecule has 0 spiro atoms. The zero-order valence-corrected chi connectivity index (χ0v) is 26.0. The Morgan fingerprint density at radius 3 is 1.90 bits per heavy atom. The number of hydrogen-bond acceptors (Lipinski definition) is 5. The number of aromatic nitrogens is 5. The summed E-state index contributed by atoms with van der Waals surface area (Å²) < 4.78 is 0. The first-order valence-corrected chi connectivity index (χ1v) is 13.4. The van der Waals surface area contributed by atoms with Crippen molar-refractivity contribution in [1.29, 1.82) is 0 Å². The quantitative estimate of drug-likeness (QED) is 0.180.